The molecule has 2 rings (SSSR count). The van der Waals surface area contributed by atoms with Crippen LogP contribution in [0.15, 0.2) is 29.2 Å². The van der Waals surface area contributed by atoms with E-state index in [0.29, 0.717) is 24.7 Å². The lowest BCUT2D eigenvalue weighted by atomic mass is 10.0. The number of carbonyl (C=O) groups excluding carboxylic acids is 1. The van der Waals surface area contributed by atoms with E-state index in [4.69, 9.17) is 11.6 Å². The summed E-state index contributed by atoms with van der Waals surface area (Å²) in [6.45, 7) is 3.20. The van der Waals surface area contributed by atoms with Crippen molar-refractivity contribution in [1.82, 2.24) is 4.31 Å². The Morgan fingerprint density at radius 3 is 2.64 bits per heavy atom. The van der Waals surface area contributed by atoms with Crippen LogP contribution in [0.4, 0.5) is 5.69 Å². The summed E-state index contributed by atoms with van der Waals surface area (Å²) >= 11 is 5.50. The van der Waals surface area contributed by atoms with Gasteiger partial charge in [0.15, 0.2) is 0 Å². The number of anilines is 1. The highest BCUT2D eigenvalue weighted by atomic mass is 35.5. The number of hydrogen-bond donors (Lipinski definition) is 1. The first-order valence-electron chi connectivity index (χ1n) is 7.39. The summed E-state index contributed by atoms with van der Waals surface area (Å²) in [5, 5.41) is 2.68. The molecule has 1 aromatic rings. The normalized spacial score (nSPS) is 19.8. The third-order valence-corrected chi connectivity index (χ3v) is 5.79. The highest BCUT2D eigenvalue weighted by molar-refractivity contribution is 7.89. The van der Waals surface area contributed by atoms with Crippen LogP contribution in [-0.4, -0.2) is 37.6 Å². The Morgan fingerprint density at radius 2 is 2.05 bits per heavy atom. The van der Waals surface area contributed by atoms with Gasteiger partial charge in [0, 0.05) is 31.1 Å². The minimum Gasteiger partial charge on any atom is -0.326 e. The molecule has 0 bridgehead atoms. The summed E-state index contributed by atoms with van der Waals surface area (Å²) in [7, 11) is -3.45. The van der Waals surface area contributed by atoms with Crippen molar-refractivity contribution in [3.05, 3.63) is 24.3 Å². The summed E-state index contributed by atoms with van der Waals surface area (Å²) in [6.07, 6.45) is 2.19. The molecule has 5 nitrogen and oxygen atoms in total. The van der Waals surface area contributed by atoms with Crippen LogP contribution in [0.1, 0.15) is 26.2 Å². The van der Waals surface area contributed by atoms with E-state index >= 15 is 0 Å². The number of alkyl halides is 1. The Hall–Kier alpha value is -1.11. The van der Waals surface area contributed by atoms with E-state index < -0.39 is 10.0 Å². The molecule has 1 amide bonds. The van der Waals surface area contributed by atoms with Crippen LogP contribution in [-0.2, 0) is 14.8 Å². The van der Waals surface area contributed by atoms with Crippen molar-refractivity contribution in [1.29, 1.82) is 0 Å². The average molecular weight is 345 g/mol. The highest BCUT2D eigenvalue weighted by Gasteiger charge is 2.28. The van der Waals surface area contributed by atoms with Gasteiger partial charge >= 0.3 is 0 Å². The molecular weight excluding hydrogens is 324 g/mol. The van der Waals surface area contributed by atoms with Gasteiger partial charge in [-0.2, -0.15) is 4.31 Å². The molecule has 1 heterocycles. The van der Waals surface area contributed by atoms with Crippen molar-refractivity contribution in [3.8, 4) is 0 Å². The van der Waals surface area contributed by atoms with Crippen LogP contribution in [0, 0.1) is 5.92 Å². The van der Waals surface area contributed by atoms with Crippen LogP contribution >= 0.6 is 11.6 Å². The van der Waals surface area contributed by atoms with Crippen LogP contribution in [0.5, 0.6) is 0 Å². The molecule has 0 saturated carbocycles. The molecule has 0 spiro atoms. The van der Waals surface area contributed by atoms with Gasteiger partial charge in [-0.05, 0) is 43.0 Å². The summed E-state index contributed by atoms with van der Waals surface area (Å²) in [5.74, 6) is 0.457. The molecule has 1 N–H and O–H groups in total. The Balaban J connectivity index is 2.10. The predicted molar refractivity (Wildman–Crippen MR) is 87.6 cm³/mol. The number of halogens is 1. The van der Waals surface area contributed by atoms with Crippen LogP contribution in [0.3, 0.4) is 0 Å². The van der Waals surface area contributed by atoms with Gasteiger partial charge in [0.05, 0.1) is 4.90 Å². The lowest BCUT2D eigenvalue weighted by Crippen LogP contribution is -2.39. The molecule has 7 heteroatoms. The van der Waals surface area contributed by atoms with E-state index in [9.17, 15) is 13.2 Å². The van der Waals surface area contributed by atoms with Gasteiger partial charge in [0.1, 0.15) is 0 Å². The molecule has 1 aliphatic heterocycles. The summed E-state index contributed by atoms with van der Waals surface area (Å²) in [4.78, 5) is 11.7. The molecule has 1 unspecified atom stereocenters. The van der Waals surface area contributed by atoms with Gasteiger partial charge in [0.2, 0.25) is 15.9 Å². The number of rotatable bonds is 5. The van der Waals surface area contributed by atoms with Gasteiger partial charge < -0.3 is 5.32 Å². The van der Waals surface area contributed by atoms with E-state index in [1.165, 1.54) is 12.1 Å². The second-order valence-electron chi connectivity index (χ2n) is 5.62. The van der Waals surface area contributed by atoms with E-state index in [2.05, 4.69) is 12.2 Å². The Bertz CT molecular complexity index is 616. The Labute approximate surface area is 136 Å². The number of hydrogen-bond acceptors (Lipinski definition) is 3. The van der Waals surface area contributed by atoms with Gasteiger partial charge in [-0.25, -0.2) is 8.42 Å². The van der Waals surface area contributed by atoms with Gasteiger partial charge in [0.25, 0.3) is 0 Å². The van der Waals surface area contributed by atoms with Crippen molar-refractivity contribution in [2.75, 3.05) is 24.3 Å². The third-order valence-electron chi connectivity index (χ3n) is 3.72. The van der Waals surface area contributed by atoms with Crippen LogP contribution in [0.2, 0.25) is 0 Å². The summed E-state index contributed by atoms with van der Waals surface area (Å²) in [6, 6.07) is 6.27. The fourth-order valence-corrected chi connectivity index (χ4v) is 4.30. The maximum absolute atomic E-state index is 12.6. The summed E-state index contributed by atoms with van der Waals surface area (Å²) in [5.41, 5.74) is 0.570. The molecule has 0 aliphatic carbocycles. The number of piperidine rings is 1. The quantitative estimate of drug-likeness (QED) is 0.835. The third kappa shape index (κ3) is 4.21. The lowest BCUT2D eigenvalue weighted by Gasteiger charge is -2.30. The zero-order valence-electron chi connectivity index (χ0n) is 12.6. The smallest absolute Gasteiger partial charge is 0.243 e. The Morgan fingerprint density at radius 1 is 1.36 bits per heavy atom. The molecule has 1 saturated heterocycles. The first kappa shape index (κ1) is 17.2. The molecule has 1 aliphatic rings. The fourth-order valence-electron chi connectivity index (χ4n) is 2.53. The van der Waals surface area contributed by atoms with Gasteiger partial charge in [-0.3, -0.25) is 4.79 Å². The number of carbonyl (C=O) groups is 1. The van der Waals surface area contributed by atoms with Gasteiger partial charge in [-0.1, -0.05) is 6.92 Å². The molecular formula is C15H21ClN2O3S. The van der Waals surface area contributed by atoms with Crippen molar-refractivity contribution in [3.63, 3.8) is 0 Å². The average Bonchev–Trinajstić information content (AvgIpc) is 2.48. The first-order chi connectivity index (χ1) is 10.4. The lowest BCUT2D eigenvalue weighted by molar-refractivity contribution is -0.115. The number of sulfonamides is 1. The minimum atomic E-state index is -3.45. The zero-order chi connectivity index (χ0) is 16.2. The second kappa shape index (κ2) is 7.44. The summed E-state index contributed by atoms with van der Waals surface area (Å²) < 4.78 is 26.7. The van der Waals surface area contributed by atoms with Gasteiger partial charge in [-0.15, -0.1) is 11.6 Å². The molecule has 22 heavy (non-hydrogen) atoms. The molecule has 1 fully saturated rings. The highest BCUT2D eigenvalue weighted by Crippen LogP contribution is 2.24. The number of benzene rings is 1. The van der Waals surface area contributed by atoms with E-state index in [1.807, 2.05) is 0 Å². The number of nitrogens with one attached hydrogen (secondary N) is 1. The van der Waals surface area contributed by atoms with Crippen LogP contribution in [0.25, 0.3) is 0 Å². The number of nitrogens with zero attached hydrogens (tertiary/aromatic N) is 1. The second-order valence-corrected chi connectivity index (χ2v) is 7.94. The van der Waals surface area contributed by atoms with Crippen LogP contribution < -0.4 is 5.32 Å². The zero-order valence-corrected chi connectivity index (χ0v) is 14.2. The monoisotopic (exact) mass is 344 g/mol. The fraction of sp³-hybridized carbons (Fsp3) is 0.533. The number of amides is 1. The minimum absolute atomic E-state index is 0.185. The van der Waals surface area contributed by atoms with Crippen molar-refractivity contribution in [2.24, 2.45) is 5.92 Å². The van der Waals surface area contributed by atoms with Crippen molar-refractivity contribution >= 4 is 33.2 Å². The standard InChI is InChI=1S/C15H21ClN2O3S/c1-12-3-2-10-18(11-12)22(20,21)14-6-4-13(5-7-14)17-15(19)8-9-16/h4-7,12H,2-3,8-11H2,1H3,(H,17,19). The Kier molecular flexibility index (Phi) is 5.83. The molecule has 0 radical (unpaired) electrons. The van der Waals surface area contributed by atoms with E-state index in [-0.39, 0.29) is 23.1 Å². The molecule has 122 valence electrons. The maximum atomic E-state index is 12.6. The SMILES string of the molecule is CC1CCCN(S(=O)(=O)c2ccc(NC(=O)CCCl)cc2)C1. The first-order valence-corrected chi connectivity index (χ1v) is 9.37. The molecule has 1 atom stereocenters. The van der Waals surface area contributed by atoms with Crippen molar-refractivity contribution in [2.45, 2.75) is 31.1 Å². The van der Waals surface area contributed by atoms with E-state index in [1.54, 1.807) is 16.4 Å². The largest absolute Gasteiger partial charge is 0.326 e. The predicted octanol–water partition coefficient (Wildman–Crippen LogP) is 2.67. The molecule has 0 aromatic heterocycles. The van der Waals surface area contributed by atoms with Crippen molar-refractivity contribution < 1.29 is 13.2 Å². The molecule has 1 aromatic carbocycles. The topological polar surface area (TPSA) is 66.5 Å². The maximum Gasteiger partial charge on any atom is 0.243 e. The van der Waals surface area contributed by atoms with E-state index in [0.717, 1.165) is 12.8 Å².